The summed E-state index contributed by atoms with van der Waals surface area (Å²) < 4.78 is 0. The molecule has 0 rings (SSSR count). The van der Waals surface area contributed by atoms with Gasteiger partial charge < -0.3 is 0 Å². The van der Waals surface area contributed by atoms with Crippen LogP contribution in [0.3, 0.4) is 0 Å². The van der Waals surface area contributed by atoms with Crippen molar-refractivity contribution in [1.82, 2.24) is 0 Å². The van der Waals surface area contributed by atoms with Crippen molar-refractivity contribution in [3.05, 3.63) is 24.3 Å². The van der Waals surface area contributed by atoms with E-state index in [2.05, 4.69) is 86.6 Å². The second kappa shape index (κ2) is 5.42. The average Bonchev–Trinajstić information content (AvgIpc) is 2.10. The van der Waals surface area contributed by atoms with Crippen molar-refractivity contribution in [3.63, 3.8) is 0 Å². The molecule has 0 bridgehead atoms. The Labute approximate surface area is 109 Å². The summed E-state index contributed by atoms with van der Waals surface area (Å²) in [5.74, 6) is 0.669. The van der Waals surface area contributed by atoms with Gasteiger partial charge in [0.1, 0.15) is 0 Å². The van der Waals surface area contributed by atoms with Crippen molar-refractivity contribution >= 4 is 0 Å². The lowest BCUT2D eigenvalue weighted by atomic mass is 9.69. The maximum atomic E-state index is 2.32. The Bertz CT molecular complexity index is 280. The summed E-state index contributed by atoms with van der Waals surface area (Å²) in [6.45, 7) is 20.6. The molecule has 17 heavy (non-hydrogen) atoms. The van der Waals surface area contributed by atoms with Crippen LogP contribution in [0.1, 0.15) is 62.3 Å². The first-order valence-corrected chi connectivity index (χ1v) is 6.77. The maximum Gasteiger partial charge on any atom is -0.0123 e. The van der Waals surface area contributed by atoms with Crippen molar-refractivity contribution in [1.29, 1.82) is 0 Å². The predicted molar refractivity (Wildman–Crippen MR) is 80.1 cm³/mol. The van der Waals surface area contributed by atoms with Gasteiger partial charge in [-0.2, -0.15) is 0 Å². The lowest BCUT2D eigenvalue weighted by molar-refractivity contribution is 0.193. The van der Waals surface area contributed by atoms with Gasteiger partial charge in [0.2, 0.25) is 0 Å². The molecule has 0 spiro atoms. The van der Waals surface area contributed by atoms with Crippen molar-refractivity contribution in [2.45, 2.75) is 62.3 Å². The predicted octanol–water partition coefficient (Wildman–Crippen LogP) is 5.85. The van der Waals surface area contributed by atoms with Crippen LogP contribution < -0.4 is 0 Å². The Hall–Kier alpha value is -0.520. The van der Waals surface area contributed by atoms with Gasteiger partial charge in [-0.1, -0.05) is 86.6 Å². The fraction of sp³-hybridized carbons (Fsp3) is 0.765. The summed E-state index contributed by atoms with van der Waals surface area (Å²) in [6, 6.07) is 0. The first-order chi connectivity index (χ1) is 7.40. The normalized spacial score (nSPS) is 15.4. The van der Waals surface area contributed by atoms with Crippen LogP contribution in [0.15, 0.2) is 24.3 Å². The fourth-order valence-corrected chi connectivity index (χ4v) is 1.04. The first kappa shape index (κ1) is 16.5. The largest absolute Gasteiger partial charge is 0.0786 e. The molecule has 0 aliphatic carbocycles. The fourth-order valence-electron chi connectivity index (χ4n) is 1.04. The van der Waals surface area contributed by atoms with Crippen molar-refractivity contribution in [2.24, 2.45) is 22.2 Å². The minimum Gasteiger partial charge on any atom is -0.0786 e. The molecule has 0 heterocycles. The number of hydrogen-bond acceptors (Lipinski definition) is 0. The van der Waals surface area contributed by atoms with Gasteiger partial charge in [0, 0.05) is 0 Å². The number of rotatable bonds is 4. The quantitative estimate of drug-likeness (QED) is 0.537. The average molecular weight is 236 g/mol. The van der Waals surface area contributed by atoms with Crippen LogP contribution in [-0.2, 0) is 0 Å². The Morgan fingerprint density at radius 1 is 0.706 bits per heavy atom. The maximum absolute atomic E-state index is 2.32. The van der Waals surface area contributed by atoms with E-state index < -0.39 is 0 Å². The van der Waals surface area contributed by atoms with Crippen molar-refractivity contribution in [2.75, 3.05) is 0 Å². The third kappa shape index (κ3) is 5.10. The van der Waals surface area contributed by atoms with E-state index in [1.807, 2.05) is 0 Å². The van der Waals surface area contributed by atoms with Gasteiger partial charge in [-0.3, -0.25) is 0 Å². The minimum atomic E-state index is 0.222. The molecule has 0 amide bonds. The zero-order chi connectivity index (χ0) is 13.9. The zero-order valence-electron chi connectivity index (χ0n) is 13.4. The molecule has 0 heteroatoms. The van der Waals surface area contributed by atoms with E-state index in [1.165, 1.54) is 0 Å². The lowest BCUT2D eigenvalue weighted by Gasteiger charge is -2.36. The molecule has 0 atom stereocenters. The Morgan fingerprint density at radius 2 is 1.12 bits per heavy atom. The van der Waals surface area contributed by atoms with Gasteiger partial charge >= 0.3 is 0 Å². The molecule has 0 aromatic carbocycles. The molecule has 100 valence electrons. The number of allylic oxidation sites excluding steroid dienone is 4. The molecule has 0 aliphatic rings. The van der Waals surface area contributed by atoms with Crippen LogP contribution in [0.5, 0.6) is 0 Å². The smallest absolute Gasteiger partial charge is 0.0123 e. The van der Waals surface area contributed by atoms with Crippen LogP contribution >= 0.6 is 0 Å². The molecular formula is C17H32. The topological polar surface area (TPSA) is 0 Å². The van der Waals surface area contributed by atoms with Gasteiger partial charge in [0.05, 0.1) is 0 Å². The first-order valence-electron chi connectivity index (χ1n) is 6.77. The molecule has 0 aromatic rings. The third-order valence-electron chi connectivity index (χ3n) is 4.57. The summed E-state index contributed by atoms with van der Waals surface area (Å²) >= 11 is 0. The number of hydrogen-bond donors (Lipinski definition) is 0. The van der Waals surface area contributed by atoms with Gasteiger partial charge in [0.25, 0.3) is 0 Å². The molecule has 0 saturated carbocycles. The van der Waals surface area contributed by atoms with Gasteiger partial charge in [-0.15, -0.1) is 0 Å². The SMILES string of the molecule is CC(C)C(C)(C)/C=C/C=C/C(C)(C)C(C)(C)C. The van der Waals surface area contributed by atoms with E-state index in [4.69, 9.17) is 0 Å². The van der Waals surface area contributed by atoms with Crippen LogP contribution in [0.4, 0.5) is 0 Å². The summed E-state index contributed by atoms with van der Waals surface area (Å²) in [6.07, 6.45) is 9.04. The monoisotopic (exact) mass is 236 g/mol. The van der Waals surface area contributed by atoms with Crippen LogP contribution in [0.2, 0.25) is 0 Å². The summed E-state index contributed by atoms with van der Waals surface area (Å²) in [5, 5.41) is 0. The third-order valence-corrected chi connectivity index (χ3v) is 4.57. The summed E-state index contributed by atoms with van der Waals surface area (Å²) in [7, 11) is 0. The van der Waals surface area contributed by atoms with E-state index in [-0.39, 0.29) is 10.8 Å². The van der Waals surface area contributed by atoms with Crippen LogP contribution in [-0.4, -0.2) is 0 Å². The molecule has 0 nitrogen and oxygen atoms in total. The standard InChI is InChI=1S/C17H32/c1-14(2)16(6,7)12-10-11-13-17(8,9)15(3,4)5/h10-14H,1-9H3/b12-10+,13-11+. The molecule has 0 N–H and O–H groups in total. The highest BCUT2D eigenvalue weighted by atomic mass is 14.3. The summed E-state index contributed by atoms with van der Waals surface area (Å²) in [5.41, 5.74) is 0.792. The molecular weight excluding hydrogens is 204 g/mol. The highest BCUT2D eigenvalue weighted by molar-refractivity contribution is 5.12. The van der Waals surface area contributed by atoms with Gasteiger partial charge in [0.15, 0.2) is 0 Å². The molecule has 0 saturated heterocycles. The zero-order valence-corrected chi connectivity index (χ0v) is 13.4. The van der Waals surface area contributed by atoms with E-state index in [0.29, 0.717) is 11.3 Å². The minimum absolute atomic E-state index is 0.222. The molecule has 0 aliphatic heterocycles. The van der Waals surface area contributed by atoms with Crippen LogP contribution in [0, 0.1) is 22.2 Å². The molecule has 0 radical (unpaired) electrons. The van der Waals surface area contributed by atoms with Gasteiger partial charge in [-0.05, 0) is 22.2 Å². The highest BCUT2D eigenvalue weighted by Gasteiger charge is 2.29. The second-order valence-corrected chi connectivity index (χ2v) is 7.67. The van der Waals surface area contributed by atoms with E-state index >= 15 is 0 Å². The van der Waals surface area contributed by atoms with Crippen molar-refractivity contribution in [3.8, 4) is 0 Å². The second-order valence-electron chi connectivity index (χ2n) is 7.67. The lowest BCUT2D eigenvalue weighted by Crippen LogP contribution is -2.27. The molecule has 0 unspecified atom stereocenters. The van der Waals surface area contributed by atoms with E-state index in [0.717, 1.165) is 0 Å². The van der Waals surface area contributed by atoms with Gasteiger partial charge in [-0.25, -0.2) is 0 Å². The molecule has 0 aromatic heterocycles. The Kier molecular flexibility index (Phi) is 5.25. The van der Waals surface area contributed by atoms with Crippen molar-refractivity contribution < 1.29 is 0 Å². The van der Waals surface area contributed by atoms with E-state index in [1.54, 1.807) is 0 Å². The Balaban J connectivity index is 4.64. The summed E-state index contributed by atoms with van der Waals surface area (Å²) in [4.78, 5) is 0. The van der Waals surface area contributed by atoms with Crippen LogP contribution in [0.25, 0.3) is 0 Å². The molecule has 0 fully saturated rings. The highest BCUT2D eigenvalue weighted by Crippen LogP contribution is 2.39. The van der Waals surface area contributed by atoms with E-state index in [9.17, 15) is 0 Å². The Morgan fingerprint density at radius 3 is 1.47 bits per heavy atom.